The van der Waals surface area contributed by atoms with E-state index in [1.54, 1.807) is 30.8 Å². The summed E-state index contributed by atoms with van der Waals surface area (Å²) in [5.74, 6) is 0.782. The molecule has 3 rings (SSSR count). The van der Waals surface area contributed by atoms with Gasteiger partial charge < -0.3 is 9.64 Å². The van der Waals surface area contributed by atoms with Crippen molar-refractivity contribution in [3.8, 4) is 5.75 Å². The van der Waals surface area contributed by atoms with Gasteiger partial charge in [0.15, 0.2) is 0 Å². The maximum atomic E-state index is 12.3. The number of ether oxygens (including phenoxy) is 1. The Kier molecular flexibility index (Phi) is 4.52. The second-order valence-electron chi connectivity index (χ2n) is 5.23. The molecule has 0 atom stereocenters. The van der Waals surface area contributed by atoms with E-state index < -0.39 is 0 Å². The van der Waals surface area contributed by atoms with Crippen LogP contribution in [0.25, 0.3) is 10.9 Å². The summed E-state index contributed by atoms with van der Waals surface area (Å²) >= 11 is 1.50. The number of benzene rings is 1. The van der Waals surface area contributed by atoms with Crippen LogP contribution in [0, 0.1) is 0 Å². The summed E-state index contributed by atoms with van der Waals surface area (Å²) in [6.07, 6.45) is 2.07. The van der Waals surface area contributed by atoms with Gasteiger partial charge in [0, 0.05) is 30.6 Å². The number of methoxy groups -OCH3 is 1. The molecule has 0 bridgehead atoms. The summed E-state index contributed by atoms with van der Waals surface area (Å²) in [5, 5.41) is 2.90. The number of hydrogen-bond acceptors (Lipinski definition) is 5. The maximum Gasteiger partial charge on any atom is 0.228 e. The molecule has 0 unspecified atom stereocenters. The van der Waals surface area contributed by atoms with Gasteiger partial charge in [-0.1, -0.05) is 12.1 Å². The standard InChI is InChI=1S/C17H17N3O2S/c1-20(16(21)8-13-10-23-11-19-13)9-12-5-6-15(22-2)17-14(12)4-3-7-18-17/h3-7,10-11H,8-9H2,1-2H3. The van der Waals surface area contributed by atoms with Crippen LogP contribution < -0.4 is 4.74 Å². The van der Waals surface area contributed by atoms with Gasteiger partial charge in [-0.25, -0.2) is 4.98 Å². The van der Waals surface area contributed by atoms with E-state index in [9.17, 15) is 4.79 Å². The van der Waals surface area contributed by atoms with Crippen molar-refractivity contribution in [2.24, 2.45) is 0 Å². The Labute approximate surface area is 138 Å². The number of rotatable bonds is 5. The van der Waals surface area contributed by atoms with Crippen LogP contribution in [-0.2, 0) is 17.8 Å². The van der Waals surface area contributed by atoms with Gasteiger partial charge >= 0.3 is 0 Å². The fourth-order valence-electron chi connectivity index (χ4n) is 2.47. The lowest BCUT2D eigenvalue weighted by molar-refractivity contribution is -0.129. The number of carbonyl (C=O) groups is 1. The quantitative estimate of drug-likeness (QED) is 0.723. The molecule has 1 aromatic carbocycles. The number of hydrogen-bond donors (Lipinski definition) is 0. The highest BCUT2D eigenvalue weighted by Gasteiger charge is 2.14. The van der Waals surface area contributed by atoms with Crippen LogP contribution in [0.1, 0.15) is 11.3 Å². The minimum Gasteiger partial charge on any atom is -0.494 e. The molecule has 5 nitrogen and oxygen atoms in total. The van der Waals surface area contributed by atoms with Crippen molar-refractivity contribution in [2.45, 2.75) is 13.0 Å². The molecular weight excluding hydrogens is 310 g/mol. The van der Waals surface area contributed by atoms with E-state index in [1.807, 2.05) is 29.6 Å². The SMILES string of the molecule is COc1ccc(CN(C)C(=O)Cc2cscn2)c2cccnc12. The zero-order valence-electron chi connectivity index (χ0n) is 13.0. The molecule has 23 heavy (non-hydrogen) atoms. The van der Waals surface area contributed by atoms with Gasteiger partial charge in [-0.15, -0.1) is 11.3 Å². The molecule has 118 valence electrons. The lowest BCUT2D eigenvalue weighted by atomic mass is 10.1. The predicted molar refractivity (Wildman–Crippen MR) is 90.6 cm³/mol. The van der Waals surface area contributed by atoms with E-state index in [1.165, 1.54) is 11.3 Å². The van der Waals surface area contributed by atoms with Crippen molar-refractivity contribution in [1.82, 2.24) is 14.9 Å². The van der Waals surface area contributed by atoms with E-state index in [-0.39, 0.29) is 5.91 Å². The van der Waals surface area contributed by atoms with Gasteiger partial charge in [-0.2, -0.15) is 0 Å². The van der Waals surface area contributed by atoms with Crippen LogP contribution in [0.5, 0.6) is 5.75 Å². The van der Waals surface area contributed by atoms with E-state index in [4.69, 9.17) is 4.74 Å². The van der Waals surface area contributed by atoms with Gasteiger partial charge in [0.1, 0.15) is 11.3 Å². The van der Waals surface area contributed by atoms with Crippen LogP contribution in [0.3, 0.4) is 0 Å². The van der Waals surface area contributed by atoms with Gasteiger partial charge in [0.2, 0.25) is 5.91 Å². The predicted octanol–water partition coefficient (Wildman–Crippen LogP) is 2.90. The highest BCUT2D eigenvalue weighted by Crippen LogP contribution is 2.27. The van der Waals surface area contributed by atoms with Crippen molar-refractivity contribution < 1.29 is 9.53 Å². The molecule has 0 fully saturated rings. The Balaban J connectivity index is 1.82. The zero-order valence-corrected chi connectivity index (χ0v) is 13.8. The summed E-state index contributed by atoms with van der Waals surface area (Å²) in [5.41, 5.74) is 4.41. The second kappa shape index (κ2) is 6.75. The van der Waals surface area contributed by atoms with E-state index >= 15 is 0 Å². The molecule has 3 aromatic rings. The van der Waals surface area contributed by atoms with Crippen LogP contribution in [0.15, 0.2) is 41.4 Å². The minimum atomic E-state index is 0.0451. The number of aromatic nitrogens is 2. The van der Waals surface area contributed by atoms with Crippen molar-refractivity contribution in [3.63, 3.8) is 0 Å². The molecule has 0 radical (unpaired) electrons. The monoisotopic (exact) mass is 327 g/mol. The smallest absolute Gasteiger partial charge is 0.228 e. The summed E-state index contributed by atoms with van der Waals surface area (Å²) in [6, 6.07) is 7.76. The summed E-state index contributed by atoms with van der Waals surface area (Å²) in [7, 11) is 3.44. The molecule has 0 aliphatic rings. The Morgan fingerprint density at radius 1 is 1.30 bits per heavy atom. The van der Waals surface area contributed by atoms with Crippen LogP contribution >= 0.6 is 11.3 Å². The average molecular weight is 327 g/mol. The molecule has 0 saturated carbocycles. The Morgan fingerprint density at radius 3 is 2.91 bits per heavy atom. The molecular formula is C17H17N3O2S. The first-order chi connectivity index (χ1) is 11.2. The van der Waals surface area contributed by atoms with Gasteiger partial charge in [0.05, 0.1) is 24.7 Å². The van der Waals surface area contributed by atoms with Crippen molar-refractivity contribution in [2.75, 3.05) is 14.2 Å². The third kappa shape index (κ3) is 3.32. The summed E-state index contributed by atoms with van der Waals surface area (Å²) in [6.45, 7) is 0.523. The normalized spacial score (nSPS) is 10.7. The number of thiazole rings is 1. The Hall–Kier alpha value is -2.47. The number of nitrogens with zero attached hydrogens (tertiary/aromatic N) is 3. The lowest BCUT2D eigenvalue weighted by Crippen LogP contribution is -2.27. The molecule has 0 spiro atoms. The first kappa shape index (κ1) is 15.4. The molecule has 2 aromatic heterocycles. The van der Waals surface area contributed by atoms with Crippen molar-refractivity contribution in [1.29, 1.82) is 0 Å². The van der Waals surface area contributed by atoms with Crippen molar-refractivity contribution >= 4 is 28.1 Å². The second-order valence-corrected chi connectivity index (χ2v) is 5.95. The van der Waals surface area contributed by atoms with E-state index in [0.29, 0.717) is 13.0 Å². The first-order valence-electron chi connectivity index (χ1n) is 7.20. The minimum absolute atomic E-state index is 0.0451. The number of likely N-dealkylation sites (N-methyl/N-ethyl adjacent to an activating group) is 1. The highest BCUT2D eigenvalue weighted by molar-refractivity contribution is 7.07. The molecule has 0 aliphatic carbocycles. The third-order valence-electron chi connectivity index (χ3n) is 3.69. The molecule has 2 heterocycles. The summed E-state index contributed by atoms with van der Waals surface area (Å²) < 4.78 is 5.35. The Morgan fingerprint density at radius 2 is 2.17 bits per heavy atom. The zero-order chi connectivity index (χ0) is 16.2. The molecule has 6 heteroatoms. The summed E-state index contributed by atoms with van der Waals surface area (Å²) in [4.78, 5) is 22.6. The van der Waals surface area contributed by atoms with Crippen LogP contribution in [0.2, 0.25) is 0 Å². The van der Waals surface area contributed by atoms with Crippen molar-refractivity contribution in [3.05, 3.63) is 52.6 Å². The number of pyridine rings is 1. The molecule has 1 amide bonds. The van der Waals surface area contributed by atoms with Crippen LogP contribution in [-0.4, -0.2) is 34.9 Å². The molecule has 0 aliphatic heterocycles. The molecule has 0 saturated heterocycles. The third-order valence-corrected chi connectivity index (χ3v) is 4.33. The largest absolute Gasteiger partial charge is 0.494 e. The Bertz CT molecular complexity index is 818. The van der Waals surface area contributed by atoms with E-state index in [0.717, 1.165) is 27.9 Å². The molecule has 0 N–H and O–H groups in total. The fourth-order valence-corrected chi connectivity index (χ4v) is 3.03. The van der Waals surface area contributed by atoms with Gasteiger partial charge in [-0.05, 0) is 17.7 Å². The fraction of sp³-hybridized carbons (Fsp3) is 0.235. The number of amides is 1. The number of carbonyl (C=O) groups excluding carboxylic acids is 1. The van der Waals surface area contributed by atoms with Gasteiger partial charge in [-0.3, -0.25) is 9.78 Å². The van der Waals surface area contributed by atoms with Gasteiger partial charge in [0.25, 0.3) is 0 Å². The average Bonchev–Trinajstić information content (AvgIpc) is 3.08. The van der Waals surface area contributed by atoms with Crippen LogP contribution in [0.4, 0.5) is 0 Å². The van der Waals surface area contributed by atoms with E-state index in [2.05, 4.69) is 9.97 Å². The number of fused-ring (bicyclic) bond motifs is 1. The highest BCUT2D eigenvalue weighted by atomic mass is 32.1. The lowest BCUT2D eigenvalue weighted by Gasteiger charge is -2.18. The first-order valence-corrected chi connectivity index (χ1v) is 8.15. The maximum absolute atomic E-state index is 12.3. The topological polar surface area (TPSA) is 55.3 Å².